The largest absolute Gasteiger partial charge is 0.329 e. The van der Waals surface area contributed by atoms with Crippen molar-refractivity contribution in [2.24, 2.45) is 11.7 Å². The molecule has 1 fully saturated rings. The van der Waals surface area contributed by atoms with Crippen molar-refractivity contribution in [1.29, 1.82) is 0 Å². The third kappa shape index (κ3) is 2.48. The molecule has 1 aliphatic heterocycles. The zero-order valence-corrected chi connectivity index (χ0v) is 13.1. The van der Waals surface area contributed by atoms with Crippen LogP contribution in [0, 0.1) is 5.92 Å². The third-order valence-electron chi connectivity index (χ3n) is 4.57. The average Bonchev–Trinajstić information content (AvgIpc) is 2.90. The van der Waals surface area contributed by atoms with Crippen molar-refractivity contribution < 1.29 is 0 Å². The summed E-state index contributed by atoms with van der Waals surface area (Å²) in [7, 11) is 0. The molecule has 0 aliphatic carbocycles. The Balaban J connectivity index is 1.88. The van der Waals surface area contributed by atoms with Crippen LogP contribution in [0.5, 0.6) is 0 Å². The molecule has 108 valence electrons. The molecular formula is C16H23N3S. The van der Waals surface area contributed by atoms with E-state index in [1.54, 1.807) is 0 Å². The van der Waals surface area contributed by atoms with Crippen LogP contribution in [-0.4, -0.2) is 29.0 Å². The maximum atomic E-state index is 6.02. The molecular weight excluding hydrogens is 266 g/mol. The topological polar surface area (TPSA) is 42.2 Å². The minimum atomic E-state index is 0.365. The smallest absolute Gasteiger partial charge is 0.111 e. The molecule has 1 aromatic carbocycles. The maximum Gasteiger partial charge on any atom is 0.111 e. The van der Waals surface area contributed by atoms with Gasteiger partial charge in [-0.25, -0.2) is 4.98 Å². The number of hydrogen-bond acceptors (Lipinski definition) is 4. The monoisotopic (exact) mass is 289 g/mol. The molecule has 0 radical (unpaired) electrons. The van der Waals surface area contributed by atoms with E-state index >= 15 is 0 Å². The summed E-state index contributed by atoms with van der Waals surface area (Å²) in [4.78, 5) is 7.38. The molecule has 0 saturated carbocycles. The lowest BCUT2D eigenvalue weighted by molar-refractivity contribution is 0.0689. The summed E-state index contributed by atoms with van der Waals surface area (Å²) in [5.74, 6) is 0.686. The molecule has 2 aromatic rings. The Morgan fingerprint density at radius 1 is 1.45 bits per heavy atom. The van der Waals surface area contributed by atoms with Gasteiger partial charge < -0.3 is 5.73 Å². The van der Waals surface area contributed by atoms with Crippen molar-refractivity contribution in [1.82, 2.24) is 9.88 Å². The van der Waals surface area contributed by atoms with E-state index < -0.39 is 0 Å². The average molecular weight is 289 g/mol. The van der Waals surface area contributed by atoms with E-state index in [0.29, 0.717) is 18.0 Å². The number of nitrogens with two attached hydrogens (primary N) is 1. The molecule has 1 aliphatic rings. The zero-order chi connectivity index (χ0) is 14.1. The molecule has 0 amide bonds. The van der Waals surface area contributed by atoms with Crippen LogP contribution in [0.1, 0.15) is 37.7 Å². The lowest BCUT2D eigenvalue weighted by Crippen LogP contribution is -2.49. The van der Waals surface area contributed by atoms with E-state index in [9.17, 15) is 0 Å². The van der Waals surface area contributed by atoms with Crippen molar-refractivity contribution in [3.8, 4) is 0 Å². The van der Waals surface area contributed by atoms with Crippen LogP contribution in [0.15, 0.2) is 24.3 Å². The van der Waals surface area contributed by atoms with Gasteiger partial charge in [0.05, 0.1) is 16.3 Å². The fourth-order valence-electron chi connectivity index (χ4n) is 3.34. The number of nitrogens with zero attached hydrogens (tertiary/aromatic N) is 2. The fraction of sp³-hybridized carbons (Fsp3) is 0.562. The number of thiazole rings is 1. The first-order valence-corrected chi connectivity index (χ1v) is 8.33. The molecule has 3 nitrogen and oxygen atoms in total. The minimum Gasteiger partial charge on any atom is -0.329 e. The lowest BCUT2D eigenvalue weighted by Gasteiger charge is -2.42. The molecule has 4 heteroatoms. The number of benzene rings is 1. The van der Waals surface area contributed by atoms with Crippen LogP contribution < -0.4 is 5.73 Å². The van der Waals surface area contributed by atoms with Crippen LogP contribution in [0.3, 0.4) is 0 Å². The van der Waals surface area contributed by atoms with E-state index in [1.165, 1.54) is 22.5 Å². The number of piperidine rings is 1. The molecule has 0 bridgehead atoms. The summed E-state index contributed by atoms with van der Waals surface area (Å²) in [6.07, 6.45) is 2.57. The first-order chi connectivity index (χ1) is 9.70. The van der Waals surface area contributed by atoms with E-state index in [4.69, 9.17) is 10.7 Å². The first kappa shape index (κ1) is 14.0. The molecule has 3 atom stereocenters. The minimum absolute atomic E-state index is 0.365. The highest BCUT2D eigenvalue weighted by atomic mass is 32.1. The quantitative estimate of drug-likeness (QED) is 0.941. The Morgan fingerprint density at radius 3 is 3.00 bits per heavy atom. The van der Waals surface area contributed by atoms with E-state index in [2.05, 4.69) is 43.0 Å². The van der Waals surface area contributed by atoms with Crippen LogP contribution in [0.4, 0.5) is 0 Å². The van der Waals surface area contributed by atoms with Crippen molar-refractivity contribution in [2.75, 3.05) is 13.1 Å². The summed E-state index contributed by atoms with van der Waals surface area (Å²) < 4.78 is 1.28. The normalized spacial score (nSPS) is 25.9. The van der Waals surface area contributed by atoms with Gasteiger partial charge in [-0.05, 0) is 44.4 Å². The van der Waals surface area contributed by atoms with Gasteiger partial charge in [0.1, 0.15) is 5.01 Å². The van der Waals surface area contributed by atoms with Crippen LogP contribution >= 0.6 is 11.3 Å². The molecule has 3 unspecified atom stereocenters. The van der Waals surface area contributed by atoms with Gasteiger partial charge >= 0.3 is 0 Å². The second-order valence-corrected chi connectivity index (χ2v) is 6.92. The van der Waals surface area contributed by atoms with Gasteiger partial charge in [0.25, 0.3) is 0 Å². The first-order valence-electron chi connectivity index (χ1n) is 7.52. The summed E-state index contributed by atoms with van der Waals surface area (Å²) in [6.45, 7) is 6.49. The molecule has 20 heavy (non-hydrogen) atoms. The highest BCUT2D eigenvalue weighted by Gasteiger charge is 2.32. The maximum absolute atomic E-state index is 6.02. The highest BCUT2D eigenvalue weighted by Crippen LogP contribution is 2.34. The third-order valence-corrected chi connectivity index (χ3v) is 5.77. The molecule has 1 saturated heterocycles. The predicted octanol–water partition coefficient (Wildman–Crippen LogP) is 3.42. The van der Waals surface area contributed by atoms with Crippen molar-refractivity contribution in [2.45, 2.75) is 38.8 Å². The van der Waals surface area contributed by atoms with Crippen LogP contribution in [-0.2, 0) is 0 Å². The van der Waals surface area contributed by atoms with Gasteiger partial charge in [-0.15, -0.1) is 11.3 Å². The Hall–Kier alpha value is -0.970. The molecule has 0 spiro atoms. The Labute approximate surface area is 124 Å². The number of aromatic nitrogens is 1. The van der Waals surface area contributed by atoms with Crippen LogP contribution in [0.25, 0.3) is 10.2 Å². The zero-order valence-electron chi connectivity index (χ0n) is 12.2. The van der Waals surface area contributed by atoms with Gasteiger partial charge in [-0.1, -0.05) is 19.1 Å². The molecule has 2 N–H and O–H groups in total. The Kier molecular flexibility index (Phi) is 4.06. The summed E-state index contributed by atoms with van der Waals surface area (Å²) in [5, 5.41) is 1.22. The number of fused-ring (bicyclic) bond motifs is 1. The molecule has 3 rings (SSSR count). The second kappa shape index (κ2) is 5.80. The predicted molar refractivity (Wildman–Crippen MR) is 86.0 cm³/mol. The summed E-state index contributed by atoms with van der Waals surface area (Å²) in [5.41, 5.74) is 7.14. The van der Waals surface area contributed by atoms with Gasteiger partial charge in [0, 0.05) is 12.6 Å². The van der Waals surface area contributed by atoms with Crippen LogP contribution in [0.2, 0.25) is 0 Å². The van der Waals surface area contributed by atoms with Gasteiger partial charge in [-0.2, -0.15) is 0 Å². The Bertz CT molecular complexity index is 547. The highest BCUT2D eigenvalue weighted by molar-refractivity contribution is 7.18. The SMILES string of the molecule is CC1CCCN(C(C)c2nc3ccccc3s2)C1CN. The number of likely N-dealkylation sites (tertiary alicyclic amines) is 1. The van der Waals surface area contributed by atoms with E-state index in [1.807, 2.05) is 11.3 Å². The van der Waals surface area contributed by atoms with Crippen molar-refractivity contribution in [3.63, 3.8) is 0 Å². The number of para-hydroxylation sites is 1. The molecule has 1 aromatic heterocycles. The summed E-state index contributed by atoms with van der Waals surface area (Å²) in [6, 6.07) is 9.25. The van der Waals surface area contributed by atoms with E-state index in [0.717, 1.165) is 18.6 Å². The Morgan fingerprint density at radius 2 is 2.25 bits per heavy atom. The summed E-state index contributed by atoms with van der Waals surface area (Å²) >= 11 is 1.82. The van der Waals surface area contributed by atoms with Gasteiger partial charge in [0.15, 0.2) is 0 Å². The number of rotatable bonds is 3. The molecule has 2 heterocycles. The van der Waals surface area contributed by atoms with Gasteiger partial charge in [-0.3, -0.25) is 4.90 Å². The second-order valence-electron chi connectivity index (χ2n) is 5.86. The van der Waals surface area contributed by atoms with Crippen molar-refractivity contribution in [3.05, 3.63) is 29.3 Å². The lowest BCUT2D eigenvalue weighted by atomic mass is 9.90. The van der Waals surface area contributed by atoms with E-state index in [-0.39, 0.29) is 0 Å². The fourth-order valence-corrected chi connectivity index (χ4v) is 4.38. The standard InChI is InChI=1S/C16H23N3S/c1-11-6-5-9-19(14(11)10-17)12(2)16-18-13-7-3-4-8-15(13)20-16/h3-4,7-8,11-12,14H,5-6,9-10,17H2,1-2H3. The van der Waals surface area contributed by atoms with Crippen molar-refractivity contribution >= 4 is 21.6 Å². The van der Waals surface area contributed by atoms with Gasteiger partial charge in [0.2, 0.25) is 0 Å². The number of hydrogen-bond donors (Lipinski definition) is 1.